The summed E-state index contributed by atoms with van der Waals surface area (Å²) in [6.45, 7) is 11.1. The molecular formula is C12H24N4+2. The molecule has 0 aliphatic carbocycles. The molecule has 4 saturated heterocycles. The van der Waals surface area contributed by atoms with Crippen molar-refractivity contribution in [3.63, 3.8) is 0 Å². The van der Waals surface area contributed by atoms with Crippen molar-refractivity contribution in [1.82, 2.24) is 9.80 Å². The number of nitrogens with zero attached hydrogens (tertiary/aromatic N) is 2. The smallest absolute Gasteiger partial charge is 0.243 e. The average Bonchev–Trinajstić information content (AvgIpc) is 2.36. The van der Waals surface area contributed by atoms with Gasteiger partial charge in [0.05, 0.1) is 26.2 Å². The Morgan fingerprint density at radius 3 is 1.94 bits per heavy atom. The SMILES string of the molecule is C1CN2CC[NH+]3CCC[NH+]4CCN(C1)C2C34. The first-order valence-electron chi connectivity index (χ1n) is 7.11. The number of hydrogen-bond donors (Lipinski definition) is 2. The van der Waals surface area contributed by atoms with Gasteiger partial charge in [-0.1, -0.05) is 0 Å². The van der Waals surface area contributed by atoms with Gasteiger partial charge in [-0.15, -0.1) is 0 Å². The van der Waals surface area contributed by atoms with Crippen LogP contribution in [0.1, 0.15) is 12.8 Å². The first-order chi connectivity index (χ1) is 7.93. The molecular weight excluding hydrogens is 200 g/mol. The maximum atomic E-state index is 2.78. The third kappa shape index (κ3) is 1.30. The highest BCUT2D eigenvalue weighted by Gasteiger charge is 2.54. The Hall–Kier alpha value is -0.160. The molecule has 0 aromatic rings. The summed E-state index contributed by atoms with van der Waals surface area (Å²) in [4.78, 5) is 9.38. The van der Waals surface area contributed by atoms with E-state index < -0.39 is 0 Å². The Morgan fingerprint density at radius 2 is 1.31 bits per heavy atom. The van der Waals surface area contributed by atoms with Gasteiger partial charge in [0.25, 0.3) is 0 Å². The molecule has 0 spiro atoms. The van der Waals surface area contributed by atoms with E-state index in [-0.39, 0.29) is 0 Å². The van der Waals surface area contributed by atoms with Crippen LogP contribution in [0.25, 0.3) is 0 Å². The minimum absolute atomic E-state index is 0.793. The second-order valence-corrected chi connectivity index (χ2v) is 5.99. The molecule has 4 rings (SSSR count). The highest BCUT2D eigenvalue weighted by atomic mass is 15.5. The minimum atomic E-state index is 0.793. The van der Waals surface area contributed by atoms with E-state index in [2.05, 4.69) is 9.80 Å². The van der Waals surface area contributed by atoms with Crippen molar-refractivity contribution in [3.05, 3.63) is 0 Å². The predicted molar refractivity (Wildman–Crippen MR) is 61.3 cm³/mol. The van der Waals surface area contributed by atoms with Gasteiger partial charge in [-0.05, 0) is 6.42 Å². The van der Waals surface area contributed by atoms with Crippen molar-refractivity contribution in [3.8, 4) is 0 Å². The van der Waals surface area contributed by atoms with Crippen LogP contribution in [0.3, 0.4) is 0 Å². The van der Waals surface area contributed by atoms with Gasteiger partial charge in [-0.2, -0.15) is 0 Å². The molecule has 4 fully saturated rings. The van der Waals surface area contributed by atoms with Crippen LogP contribution in [0, 0.1) is 0 Å². The van der Waals surface area contributed by atoms with E-state index in [0.29, 0.717) is 0 Å². The minimum Gasteiger partial charge on any atom is -0.282 e. The molecule has 0 amide bonds. The van der Waals surface area contributed by atoms with Gasteiger partial charge < -0.3 is 0 Å². The van der Waals surface area contributed by atoms with Gasteiger partial charge in [-0.3, -0.25) is 19.6 Å². The van der Waals surface area contributed by atoms with Crippen LogP contribution in [0.2, 0.25) is 0 Å². The van der Waals surface area contributed by atoms with E-state index >= 15 is 0 Å². The number of nitrogens with one attached hydrogen (secondary N) is 2. The molecule has 4 aliphatic rings. The molecule has 0 aromatic heterocycles. The average molecular weight is 224 g/mol. The van der Waals surface area contributed by atoms with Gasteiger partial charge in [0.15, 0.2) is 6.17 Å². The zero-order valence-electron chi connectivity index (χ0n) is 10.1. The number of hydrogen-bond acceptors (Lipinski definition) is 2. The van der Waals surface area contributed by atoms with Crippen molar-refractivity contribution in [2.75, 3.05) is 52.4 Å². The molecule has 0 aromatic carbocycles. The molecule has 2 unspecified atom stereocenters. The Kier molecular flexibility index (Phi) is 2.25. The van der Waals surface area contributed by atoms with Crippen molar-refractivity contribution in [1.29, 1.82) is 0 Å². The zero-order valence-corrected chi connectivity index (χ0v) is 10.1. The third-order valence-electron chi connectivity index (χ3n) is 5.25. The molecule has 90 valence electrons. The fourth-order valence-corrected chi connectivity index (χ4v) is 4.58. The Balaban J connectivity index is 1.67. The molecule has 4 aliphatic heterocycles. The Labute approximate surface area is 97.8 Å². The fourth-order valence-electron chi connectivity index (χ4n) is 4.58. The molecule has 0 radical (unpaired) electrons. The topological polar surface area (TPSA) is 15.4 Å². The van der Waals surface area contributed by atoms with E-state index in [4.69, 9.17) is 0 Å². The molecule has 0 saturated carbocycles. The lowest BCUT2D eigenvalue weighted by Crippen LogP contribution is -3.42. The van der Waals surface area contributed by atoms with Crippen LogP contribution >= 0.6 is 0 Å². The van der Waals surface area contributed by atoms with Crippen LogP contribution in [0.5, 0.6) is 0 Å². The zero-order chi connectivity index (χ0) is 10.5. The molecule has 0 bridgehead atoms. The second-order valence-electron chi connectivity index (χ2n) is 5.99. The molecule has 16 heavy (non-hydrogen) atoms. The van der Waals surface area contributed by atoms with Gasteiger partial charge in [-0.25, -0.2) is 0 Å². The first kappa shape index (κ1) is 9.83. The monoisotopic (exact) mass is 224 g/mol. The molecule has 2 N–H and O–H groups in total. The Bertz CT molecular complexity index is 230. The largest absolute Gasteiger partial charge is 0.282 e. The summed E-state index contributed by atoms with van der Waals surface area (Å²) in [6, 6.07) is 0. The predicted octanol–water partition coefficient (Wildman–Crippen LogP) is -3.15. The second kappa shape index (κ2) is 3.67. The highest BCUT2D eigenvalue weighted by Crippen LogP contribution is 2.18. The Morgan fingerprint density at radius 1 is 0.688 bits per heavy atom. The lowest BCUT2D eigenvalue weighted by atomic mass is 10.0. The van der Waals surface area contributed by atoms with Crippen molar-refractivity contribution < 1.29 is 9.80 Å². The summed E-state index contributed by atoms with van der Waals surface area (Å²) in [5.41, 5.74) is 0. The van der Waals surface area contributed by atoms with Gasteiger partial charge >= 0.3 is 0 Å². The maximum absolute atomic E-state index is 2.78. The van der Waals surface area contributed by atoms with E-state index in [1.165, 1.54) is 65.2 Å². The van der Waals surface area contributed by atoms with E-state index in [0.717, 1.165) is 12.3 Å². The summed E-state index contributed by atoms with van der Waals surface area (Å²) in [5.74, 6) is 0. The molecule has 4 heterocycles. The normalized spacial score (nSPS) is 48.8. The summed E-state index contributed by atoms with van der Waals surface area (Å²) >= 11 is 0. The third-order valence-corrected chi connectivity index (χ3v) is 5.25. The van der Waals surface area contributed by atoms with Crippen LogP contribution in [0.4, 0.5) is 0 Å². The quantitative estimate of drug-likeness (QED) is 0.452. The number of rotatable bonds is 0. The van der Waals surface area contributed by atoms with Crippen LogP contribution in [0.15, 0.2) is 0 Å². The van der Waals surface area contributed by atoms with Gasteiger partial charge in [0.1, 0.15) is 0 Å². The summed E-state index contributed by atoms with van der Waals surface area (Å²) in [7, 11) is 0. The lowest BCUT2D eigenvalue weighted by molar-refractivity contribution is -1.15. The summed E-state index contributed by atoms with van der Waals surface area (Å²) < 4.78 is 0. The molecule has 4 heteroatoms. The van der Waals surface area contributed by atoms with Crippen LogP contribution < -0.4 is 9.80 Å². The van der Waals surface area contributed by atoms with E-state index in [1.54, 1.807) is 0 Å². The highest BCUT2D eigenvalue weighted by molar-refractivity contribution is 4.85. The maximum Gasteiger partial charge on any atom is 0.243 e. The lowest BCUT2D eigenvalue weighted by Gasteiger charge is -2.56. The van der Waals surface area contributed by atoms with Gasteiger partial charge in [0.2, 0.25) is 6.17 Å². The van der Waals surface area contributed by atoms with E-state index in [9.17, 15) is 0 Å². The first-order valence-corrected chi connectivity index (χ1v) is 7.11. The summed E-state index contributed by atoms with van der Waals surface area (Å²) in [5, 5.41) is 0. The fraction of sp³-hybridized carbons (Fsp3) is 1.00. The number of piperazine rings is 2. The van der Waals surface area contributed by atoms with Crippen molar-refractivity contribution in [2.24, 2.45) is 0 Å². The summed E-state index contributed by atoms with van der Waals surface area (Å²) in [6.07, 6.45) is 4.53. The molecule has 2 atom stereocenters. The van der Waals surface area contributed by atoms with Gasteiger partial charge in [0, 0.05) is 32.6 Å². The standard InChI is InChI=1S/C12H22N4/c1-3-13-7-9-15-5-2-6-16-10-8-14(4-1)11(13)12(15)16/h11-12H,1-10H2/p+2. The van der Waals surface area contributed by atoms with Crippen molar-refractivity contribution in [2.45, 2.75) is 25.2 Å². The molecule has 4 nitrogen and oxygen atoms in total. The number of quaternary nitrogens is 2. The van der Waals surface area contributed by atoms with E-state index in [1.807, 2.05) is 9.80 Å². The van der Waals surface area contributed by atoms with Crippen LogP contribution in [-0.4, -0.2) is 74.5 Å². The van der Waals surface area contributed by atoms with Crippen molar-refractivity contribution >= 4 is 0 Å². The van der Waals surface area contributed by atoms with Crippen LogP contribution in [-0.2, 0) is 0 Å².